The molecule has 1 unspecified atom stereocenters. The van der Waals surface area contributed by atoms with E-state index in [2.05, 4.69) is 10.3 Å². The number of methoxy groups -OCH3 is 1. The molecule has 0 fully saturated rings. The fraction of sp³-hybridized carbons (Fsp3) is 0.259. The zero-order valence-corrected chi connectivity index (χ0v) is 20.1. The SMILES string of the molecule is CCC1CC(=O)N(Cc2ccc(NC(=O)c3ccccn3)cc2)N=C1c1ccc(OCF)c(OC)c1. The lowest BCUT2D eigenvalue weighted by Crippen LogP contribution is -2.36. The van der Waals surface area contributed by atoms with E-state index in [4.69, 9.17) is 14.6 Å². The Kier molecular flexibility index (Phi) is 7.89. The number of halogens is 1. The zero-order chi connectivity index (χ0) is 25.5. The van der Waals surface area contributed by atoms with E-state index in [0.29, 0.717) is 29.3 Å². The third kappa shape index (κ3) is 5.68. The number of alkyl halides is 1. The van der Waals surface area contributed by atoms with Gasteiger partial charge in [0.15, 0.2) is 11.5 Å². The van der Waals surface area contributed by atoms with Gasteiger partial charge in [0.25, 0.3) is 5.91 Å². The van der Waals surface area contributed by atoms with Crippen molar-refractivity contribution in [1.29, 1.82) is 0 Å². The molecule has 1 N–H and O–H groups in total. The van der Waals surface area contributed by atoms with Crippen LogP contribution in [0, 0.1) is 5.92 Å². The van der Waals surface area contributed by atoms with Gasteiger partial charge in [0, 0.05) is 29.8 Å². The second-order valence-corrected chi connectivity index (χ2v) is 8.23. The lowest BCUT2D eigenvalue weighted by molar-refractivity contribution is -0.133. The van der Waals surface area contributed by atoms with Crippen LogP contribution in [0.25, 0.3) is 0 Å². The Morgan fingerprint density at radius 1 is 1.14 bits per heavy atom. The molecule has 1 aliphatic rings. The summed E-state index contributed by atoms with van der Waals surface area (Å²) >= 11 is 0. The molecule has 2 amide bonds. The van der Waals surface area contributed by atoms with Crippen LogP contribution in [-0.4, -0.2) is 41.5 Å². The van der Waals surface area contributed by atoms with Gasteiger partial charge in [0.2, 0.25) is 12.8 Å². The number of amides is 2. The van der Waals surface area contributed by atoms with Gasteiger partial charge in [-0.15, -0.1) is 0 Å². The van der Waals surface area contributed by atoms with E-state index in [1.807, 2.05) is 19.1 Å². The highest BCUT2D eigenvalue weighted by Gasteiger charge is 2.29. The smallest absolute Gasteiger partial charge is 0.274 e. The normalized spacial score (nSPS) is 15.3. The summed E-state index contributed by atoms with van der Waals surface area (Å²) in [6.45, 7) is 1.34. The van der Waals surface area contributed by atoms with Crippen LogP contribution >= 0.6 is 0 Å². The number of carbonyl (C=O) groups excluding carboxylic acids is 2. The molecular formula is C27H27FN4O4. The summed E-state index contributed by atoms with van der Waals surface area (Å²) in [6, 6.07) is 17.6. The average molecular weight is 491 g/mol. The van der Waals surface area contributed by atoms with Crippen molar-refractivity contribution < 1.29 is 23.5 Å². The van der Waals surface area contributed by atoms with E-state index in [1.165, 1.54) is 12.1 Å². The first-order valence-corrected chi connectivity index (χ1v) is 11.6. The number of anilines is 1. The van der Waals surface area contributed by atoms with Crippen LogP contribution in [0.3, 0.4) is 0 Å². The number of hydrogen-bond acceptors (Lipinski definition) is 6. The van der Waals surface area contributed by atoms with Gasteiger partial charge >= 0.3 is 0 Å². The monoisotopic (exact) mass is 490 g/mol. The van der Waals surface area contributed by atoms with Gasteiger partial charge in [-0.2, -0.15) is 5.10 Å². The summed E-state index contributed by atoms with van der Waals surface area (Å²) in [5, 5.41) is 8.96. The van der Waals surface area contributed by atoms with E-state index < -0.39 is 6.86 Å². The van der Waals surface area contributed by atoms with Gasteiger partial charge in [-0.3, -0.25) is 14.6 Å². The molecule has 1 atom stereocenters. The summed E-state index contributed by atoms with van der Waals surface area (Å²) in [7, 11) is 1.49. The summed E-state index contributed by atoms with van der Waals surface area (Å²) in [5.74, 6) is 0.289. The number of hydrogen-bond donors (Lipinski definition) is 1. The fourth-order valence-electron chi connectivity index (χ4n) is 4.00. The summed E-state index contributed by atoms with van der Waals surface area (Å²) in [5.41, 5.74) is 3.36. The molecule has 0 spiro atoms. The maximum absolute atomic E-state index is 12.8. The second kappa shape index (κ2) is 11.4. The summed E-state index contributed by atoms with van der Waals surface area (Å²) < 4.78 is 23.0. The first kappa shape index (κ1) is 24.8. The minimum absolute atomic E-state index is 0.0458. The number of rotatable bonds is 9. The Hall–Kier alpha value is -4.27. The van der Waals surface area contributed by atoms with Crippen molar-refractivity contribution in [2.24, 2.45) is 11.0 Å². The Morgan fingerprint density at radius 2 is 1.94 bits per heavy atom. The zero-order valence-electron chi connectivity index (χ0n) is 20.1. The number of nitrogens with one attached hydrogen (secondary N) is 1. The van der Waals surface area contributed by atoms with E-state index in [1.54, 1.807) is 54.7 Å². The van der Waals surface area contributed by atoms with Gasteiger partial charge in [-0.05, 0) is 54.4 Å². The molecule has 1 aromatic heterocycles. The number of aromatic nitrogens is 1. The van der Waals surface area contributed by atoms with Crippen LogP contribution in [0.15, 0.2) is 72.0 Å². The first-order valence-electron chi connectivity index (χ1n) is 11.6. The van der Waals surface area contributed by atoms with Gasteiger partial charge in [-0.25, -0.2) is 9.40 Å². The van der Waals surface area contributed by atoms with Crippen molar-refractivity contribution in [3.05, 3.63) is 83.7 Å². The third-order valence-electron chi connectivity index (χ3n) is 5.93. The summed E-state index contributed by atoms with van der Waals surface area (Å²) in [4.78, 5) is 29.2. The number of carbonyl (C=O) groups is 2. The molecule has 0 aliphatic carbocycles. The van der Waals surface area contributed by atoms with Crippen molar-refractivity contribution in [3.8, 4) is 11.5 Å². The van der Waals surface area contributed by atoms with Crippen LogP contribution in [0.2, 0.25) is 0 Å². The van der Waals surface area contributed by atoms with E-state index in [0.717, 1.165) is 23.3 Å². The van der Waals surface area contributed by atoms with Crippen molar-refractivity contribution >= 4 is 23.2 Å². The van der Waals surface area contributed by atoms with Crippen LogP contribution in [-0.2, 0) is 11.3 Å². The molecule has 0 radical (unpaired) electrons. The number of pyridine rings is 1. The average Bonchev–Trinajstić information content (AvgIpc) is 2.91. The van der Waals surface area contributed by atoms with E-state index >= 15 is 0 Å². The highest BCUT2D eigenvalue weighted by Crippen LogP contribution is 2.32. The Bertz CT molecular complexity index is 1250. The lowest BCUT2D eigenvalue weighted by atomic mass is 9.89. The highest BCUT2D eigenvalue weighted by atomic mass is 19.1. The molecule has 2 aromatic carbocycles. The predicted octanol–water partition coefficient (Wildman–Crippen LogP) is 4.81. The molecule has 8 nitrogen and oxygen atoms in total. The van der Waals surface area contributed by atoms with E-state index in [-0.39, 0.29) is 24.3 Å². The number of ether oxygens (including phenoxy) is 2. The molecule has 2 heterocycles. The van der Waals surface area contributed by atoms with Crippen LogP contribution in [0.4, 0.5) is 10.1 Å². The molecule has 186 valence electrons. The van der Waals surface area contributed by atoms with Gasteiger partial charge in [0.05, 0.1) is 19.4 Å². The van der Waals surface area contributed by atoms with Crippen molar-refractivity contribution in [3.63, 3.8) is 0 Å². The van der Waals surface area contributed by atoms with Crippen molar-refractivity contribution in [2.45, 2.75) is 26.3 Å². The van der Waals surface area contributed by atoms with Crippen molar-refractivity contribution in [2.75, 3.05) is 19.3 Å². The minimum Gasteiger partial charge on any atom is -0.493 e. The van der Waals surface area contributed by atoms with E-state index in [9.17, 15) is 14.0 Å². The van der Waals surface area contributed by atoms with Gasteiger partial charge in [-0.1, -0.05) is 25.1 Å². The van der Waals surface area contributed by atoms with Crippen LogP contribution in [0.5, 0.6) is 11.5 Å². The molecule has 36 heavy (non-hydrogen) atoms. The molecule has 1 aliphatic heterocycles. The topological polar surface area (TPSA) is 93.1 Å². The molecule has 0 saturated heterocycles. The number of benzene rings is 2. The highest BCUT2D eigenvalue weighted by molar-refractivity contribution is 6.06. The maximum Gasteiger partial charge on any atom is 0.274 e. The third-order valence-corrected chi connectivity index (χ3v) is 5.93. The quantitative estimate of drug-likeness (QED) is 0.465. The molecule has 4 rings (SSSR count). The minimum atomic E-state index is -0.956. The van der Waals surface area contributed by atoms with Crippen LogP contribution in [0.1, 0.15) is 41.4 Å². The maximum atomic E-state index is 12.8. The fourth-order valence-corrected chi connectivity index (χ4v) is 4.00. The lowest BCUT2D eigenvalue weighted by Gasteiger charge is -2.29. The van der Waals surface area contributed by atoms with Gasteiger partial charge < -0.3 is 14.8 Å². The molecule has 0 saturated carbocycles. The van der Waals surface area contributed by atoms with Gasteiger partial charge in [0.1, 0.15) is 5.69 Å². The second-order valence-electron chi connectivity index (χ2n) is 8.23. The summed E-state index contributed by atoms with van der Waals surface area (Å²) in [6.07, 6.45) is 2.64. The largest absolute Gasteiger partial charge is 0.493 e. The Balaban J connectivity index is 1.52. The molecular weight excluding hydrogens is 463 g/mol. The standard InChI is InChI=1S/C27H27FN4O4/c1-3-19-15-25(33)32(31-26(19)20-9-12-23(36-17-28)24(14-20)35-2)16-18-7-10-21(11-8-18)30-27(34)22-6-4-5-13-29-22/h4-14,19H,3,15-17H2,1-2H3,(H,30,34). The van der Waals surface area contributed by atoms with Crippen LogP contribution < -0.4 is 14.8 Å². The molecule has 9 heteroatoms. The Labute approximate surface area is 208 Å². The number of hydrazone groups is 1. The number of nitrogens with zero attached hydrogens (tertiary/aromatic N) is 3. The first-order chi connectivity index (χ1) is 17.5. The molecule has 0 bridgehead atoms. The predicted molar refractivity (Wildman–Crippen MR) is 134 cm³/mol. The Morgan fingerprint density at radius 3 is 2.61 bits per heavy atom. The van der Waals surface area contributed by atoms with Crippen molar-refractivity contribution in [1.82, 2.24) is 9.99 Å². The molecule has 3 aromatic rings.